The molecule has 4 aromatic carbocycles. The third-order valence-corrected chi connectivity index (χ3v) is 6.72. The molecule has 7 nitrogen and oxygen atoms in total. The van der Waals surface area contributed by atoms with Gasteiger partial charge in [-0.3, -0.25) is 14.9 Å². The first-order chi connectivity index (χ1) is 17.6. The van der Waals surface area contributed by atoms with Crippen LogP contribution in [0.1, 0.15) is 11.1 Å². The maximum Gasteiger partial charge on any atom is 0.292 e. The van der Waals surface area contributed by atoms with Gasteiger partial charge in [0.15, 0.2) is 0 Å². The minimum absolute atomic E-state index is 0.0542. The summed E-state index contributed by atoms with van der Waals surface area (Å²) in [6, 6.07) is 29.2. The number of hydrogen-bond acceptors (Lipinski definition) is 5. The number of carbonyl (C=O) groups excluding carboxylic acids is 1. The van der Waals surface area contributed by atoms with Gasteiger partial charge in [-0.25, -0.2) is 0 Å². The van der Waals surface area contributed by atoms with E-state index in [0.29, 0.717) is 44.8 Å². The third kappa shape index (κ3) is 5.15. The standard InChI is InChI=1S/C29H28N4O3/c34-29(19-24-11-6-10-23-9-4-5-12-26(23)24)32-17-15-31(16-18-32)25-13-14-28(33(35)36)27(20-25)30-21-22-7-2-1-3-8-22/h1-14,20,30H,15-19,21H2. The Balaban J connectivity index is 1.24. The largest absolute Gasteiger partial charge is 0.375 e. The Kier molecular flexibility index (Phi) is 6.80. The van der Waals surface area contributed by atoms with Gasteiger partial charge in [0.05, 0.1) is 11.3 Å². The lowest BCUT2D eigenvalue weighted by atomic mass is 10.0. The molecule has 1 N–H and O–H groups in total. The van der Waals surface area contributed by atoms with Gasteiger partial charge in [0, 0.05) is 44.5 Å². The number of carbonyl (C=O) groups is 1. The lowest BCUT2D eigenvalue weighted by molar-refractivity contribution is -0.384. The van der Waals surface area contributed by atoms with Crippen LogP contribution in [0.15, 0.2) is 91.0 Å². The van der Waals surface area contributed by atoms with Gasteiger partial charge in [-0.1, -0.05) is 72.8 Å². The zero-order valence-electron chi connectivity index (χ0n) is 20.0. The predicted molar refractivity (Wildman–Crippen MR) is 143 cm³/mol. The topological polar surface area (TPSA) is 78.7 Å². The van der Waals surface area contributed by atoms with E-state index in [-0.39, 0.29) is 16.5 Å². The monoisotopic (exact) mass is 480 g/mol. The van der Waals surface area contributed by atoms with Crippen molar-refractivity contribution in [1.29, 1.82) is 0 Å². The van der Waals surface area contributed by atoms with Gasteiger partial charge in [-0.05, 0) is 34.0 Å². The molecule has 5 rings (SSSR count). The summed E-state index contributed by atoms with van der Waals surface area (Å²) in [4.78, 5) is 28.4. The second kappa shape index (κ2) is 10.5. The van der Waals surface area contributed by atoms with Crippen molar-refractivity contribution in [3.8, 4) is 0 Å². The highest BCUT2D eigenvalue weighted by Gasteiger charge is 2.23. The summed E-state index contributed by atoms with van der Waals surface area (Å²) in [7, 11) is 0. The number of piperazine rings is 1. The van der Waals surface area contributed by atoms with Crippen molar-refractivity contribution in [1.82, 2.24) is 4.90 Å². The van der Waals surface area contributed by atoms with E-state index in [1.54, 1.807) is 12.1 Å². The molecule has 1 heterocycles. The van der Waals surface area contributed by atoms with Gasteiger partial charge < -0.3 is 15.1 Å². The molecule has 1 amide bonds. The molecule has 0 radical (unpaired) electrons. The number of hydrogen-bond donors (Lipinski definition) is 1. The molecule has 7 heteroatoms. The Morgan fingerprint density at radius 1 is 0.861 bits per heavy atom. The summed E-state index contributed by atoms with van der Waals surface area (Å²) >= 11 is 0. The molecule has 0 saturated carbocycles. The summed E-state index contributed by atoms with van der Waals surface area (Å²) in [5.74, 6) is 0.125. The molecule has 1 aliphatic heterocycles. The van der Waals surface area contributed by atoms with Crippen LogP contribution in [-0.2, 0) is 17.8 Å². The molecule has 1 aliphatic rings. The molecule has 0 spiro atoms. The Labute approximate surface area is 210 Å². The normalized spacial score (nSPS) is 13.6. The summed E-state index contributed by atoms with van der Waals surface area (Å²) in [5, 5.41) is 17.1. The van der Waals surface area contributed by atoms with Gasteiger partial charge in [0.2, 0.25) is 5.91 Å². The summed E-state index contributed by atoms with van der Waals surface area (Å²) in [6.45, 7) is 3.09. The summed E-state index contributed by atoms with van der Waals surface area (Å²) in [5.41, 5.74) is 3.56. The van der Waals surface area contributed by atoms with Gasteiger partial charge >= 0.3 is 0 Å². The summed E-state index contributed by atoms with van der Waals surface area (Å²) < 4.78 is 0. The van der Waals surface area contributed by atoms with Gasteiger partial charge in [-0.2, -0.15) is 0 Å². The second-order valence-corrected chi connectivity index (χ2v) is 8.98. The molecule has 0 bridgehead atoms. The van der Waals surface area contributed by atoms with E-state index in [1.165, 1.54) is 0 Å². The van der Waals surface area contributed by atoms with E-state index >= 15 is 0 Å². The molecule has 1 fully saturated rings. The predicted octanol–water partition coefficient (Wildman–Crippen LogP) is 5.25. The van der Waals surface area contributed by atoms with Crippen molar-refractivity contribution in [3.63, 3.8) is 0 Å². The fourth-order valence-corrected chi connectivity index (χ4v) is 4.75. The molecule has 0 aromatic heterocycles. The van der Waals surface area contributed by atoms with Crippen molar-refractivity contribution < 1.29 is 9.72 Å². The van der Waals surface area contributed by atoms with E-state index in [1.807, 2.05) is 65.6 Å². The van der Waals surface area contributed by atoms with Crippen molar-refractivity contribution >= 4 is 33.7 Å². The highest BCUT2D eigenvalue weighted by Crippen LogP contribution is 2.31. The first-order valence-electron chi connectivity index (χ1n) is 12.1. The number of benzene rings is 4. The maximum absolute atomic E-state index is 13.1. The molecule has 0 atom stereocenters. The van der Waals surface area contributed by atoms with E-state index in [2.05, 4.69) is 28.4 Å². The minimum atomic E-state index is -0.360. The minimum Gasteiger partial charge on any atom is -0.375 e. The number of nitro benzene ring substituents is 1. The van der Waals surface area contributed by atoms with Crippen LogP contribution in [0.4, 0.5) is 17.1 Å². The molecule has 0 unspecified atom stereocenters. The molecular weight excluding hydrogens is 452 g/mol. The second-order valence-electron chi connectivity index (χ2n) is 8.98. The Morgan fingerprint density at radius 3 is 2.36 bits per heavy atom. The molecule has 1 saturated heterocycles. The molecule has 0 aliphatic carbocycles. The zero-order valence-corrected chi connectivity index (χ0v) is 20.0. The Hall–Kier alpha value is -4.39. The molecule has 4 aromatic rings. The number of amides is 1. The first kappa shape index (κ1) is 23.4. The quantitative estimate of drug-likeness (QED) is 0.289. The van der Waals surface area contributed by atoms with Crippen LogP contribution in [-0.4, -0.2) is 41.9 Å². The van der Waals surface area contributed by atoms with Crippen molar-refractivity contribution in [2.24, 2.45) is 0 Å². The van der Waals surface area contributed by atoms with Gasteiger partial charge in [-0.15, -0.1) is 0 Å². The van der Waals surface area contributed by atoms with Crippen LogP contribution >= 0.6 is 0 Å². The smallest absolute Gasteiger partial charge is 0.292 e. The summed E-state index contributed by atoms with van der Waals surface area (Å²) in [6.07, 6.45) is 0.381. The zero-order chi connectivity index (χ0) is 24.9. The van der Waals surface area contributed by atoms with Crippen LogP contribution in [0.25, 0.3) is 10.8 Å². The fraction of sp³-hybridized carbons (Fsp3) is 0.207. The van der Waals surface area contributed by atoms with Crippen molar-refractivity contribution in [2.75, 3.05) is 36.4 Å². The number of nitrogens with zero attached hydrogens (tertiary/aromatic N) is 3. The van der Waals surface area contributed by atoms with E-state index in [0.717, 1.165) is 27.6 Å². The fourth-order valence-electron chi connectivity index (χ4n) is 4.75. The van der Waals surface area contributed by atoms with Crippen molar-refractivity contribution in [2.45, 2.75) is 13.0 Å². The van der Waals surface area contributed by atoms with Crippen LogP contribution in [0.3, 0.4) is 0 Å². The average molecular weight is 481 g/mol. The average Bonchev–Trinajstić information content (AvgIpc) is 2.92. The van der Waals surface area contributed by atoms with Crippen LogP contribution < -0.4 is 10.2 Å². The number of anilines is 2. The van der Waals surface area contributed by atoms with E-state index < -0.39 is 0 Å². The number of rotatable bonds is 7. The van der Waals surface area contributed by atoms with Crippen LogP contribution in [0, 0.1) is 10.1 Å². The maximum atomic E-state index is 13.1. The number of fused-ring (bicyclic) bond motifs is 1. The van der Waals surface area contributed by atoms with Crippen molar-refractivity contribution in [3.05, 3.63) is 112 Å². The van der Waals surface area contributed by atoms with Gasteiger partial charge in [0.25, 0.3) is 5.69 Å². The molecule has 36 heavy (non-hydrogen) atoms. The van der Waals surface area contributed by atoms with Crippen LogP contribution in [0.5, 0.6) is 0 Å². The molecular formula is C29H28N4O3. The van der Waals surface area contributed by atoms with Crippen LogP contribution in [0.2, 0.25) is 0 Å². The molecule has 182 valence electrons. The highest BCUT2D eigenvalue weighted by molar-refractivity contribution is 5.90. The highest BCUT2D eigenvalue weighted by atomic mass is 16.6. The van der Waals surface area contributed by atoms with E-state index in [4.69, 9.17) is 0 Å². The van der Waals surface area contributed by atoms with Gasteiger partial charge in [0.1, 0.15) is 5.69 Å². The lowest BCUT2D eigenvalue weighted by Crippen LogP contribution is -2.49. The Bertz CT molecular complexity index is 1380. The number of nitrogens with one attached hydrogen (secondary N) is 1. The number of nitro groups is 1. The third-order valence-electron chi connectivity index (χ3n) is 6.72. The SMILES string of the molecule is O=C(Cc1cccc2ccccc12)N1CCN(c2ccc([N+](=O)[O-])c(NCc3ccccc3)c2)CC1. The Morgan fingerprint density at radius 2 is 1.58 bits per heavy atom. The lowest BCUT2D eigenvalue weighted by Gasteiger charge is -2.36. The van der Waals surface area contributed by atoms with E-state index in [9.17, 15) is 14.9 Å². The first-order valence-corrected chi connectivity index (χ1v) is 12.1.